The van der Waals surface area contributed by atoms with Gasteiger partial charge in [-0.05, 0) is 77.2 Å². The van der Waals surface area contributed by atoms with Gasteiger partial charge in [-0.1, -0.05) is 25.1 Å². The van der Waals surface area contributed by atoms with E-state index in [4.69, 9.17) is 15.3 Å². The number of alkyl halides is 9. The van der Waals surface area contributed by atoms with Crippen molar-refractivity contribution in [3.63, 3.8) is 0 Å². The molecule has 3 aromatic carbocycles. The first kappa shape index (κ1) is 39.7. The van der Waals surface area contributed by atoms with Crippen LogP contribution in [0.3, 0.4) is 0 Å². The Hall–Kier alpha value is -4.76. The number of hydrogen-bond acceptors (Lipinski definition) is 6. The number of methoxy groups -OCH3 is 1. The number of aromatic nitrogens is 1. The molecule has 4 rings (SSSR count). The van der Waals surface area contributed by atoms with Gasteiger partial charge in [-0.25, -0.2) is 4.98 Å². The summed E-state index contributed by atoms with van der Waals surface area (Å²) < 4.78 is 127. The maximum absolute atomic E-state index is 13.8. The van der Waals surface area contributed by atoms with Crippen LogP contribution in [0.1, 0.15) is 56.8 Å². The van der Waals surface area contributed by atoms with E-state index in [0.29, 0.717) is 40.7 Å². The number of rotatable bonds is 9. The van der Waals surface area contributed by atoms with Crippen LogP contribution in [0.5, 0.6) is 5.88 Å². The van der Waals surface area contributed by atoms with Crippen LogP contribution in [0.2, 0.25) is 0 Å². The summed E-state index contributed by atoms with van der Waals surface area (Å²) in [6, 6.07) is 9.74. The van der Waals surface area contributed by atoms with E-state index < -0.39 is 64.9 Å². The summed E-state index contributed by atoms with van der Waals surface area (Å²) in [6.45, 7) is 2.91. The number of halogens is 9. The third-order valence-corrected chi connectivity index (χ3v) is 7.82. The van der Waals surface area contributed by atoms with Crippen molar-refractivity contribution in [2.75, 3.05) is 14.2 Å². The molecule has 0 aliphatic heterocycles. The van der Waals surface area contributed by atoms with Crippen LogP contribution in [0, 0.1) is 18.3 Å². The number of aliphatic hydroxyl groups is 2. The standard InChI is InChI=1S/C34H27F9N2O3.CH4O/c1-17-8-19(16-46)4-6-26(17)22-12-28(31(48-3)45-15-22)27-7-5-23(32(35,36)37)9-20(27)13-29(44)18(2)30(47)21-10-24(33(38,39)40)14-25(11-21)34(41,42)43;1-2/h4-12,14-16,18,30,44,47H,13H2,1-3H3;2H,1H3/t18-,30+;/m1./s1. The molecule has 0 unspecified atom stereocenters. The largest absolute Gasteiger partial charge is 0.481 e. The number of pyridine rings is 1. The van der Waals surface area contributed by atoms with Gasteiger partial charge in [0.15, 0.2) is 0 Å². The molecule has 268 valence electrons. The highest BCUT2D eigenvalue weighted by atomic mass is 19.4. The zero-order valence-electron chi connectivity index (χ0n) is 26.8. The second-order valence-electron chi connectivity index (χ2n) is 11.1. The van der Waals surface area contributed by atoms with Crippen LogP contribution >= 0.6 is 0 Å². The van der Waals surface area contributed by atoms with Gasteiger partial charge in [-0.15, -0.1) is 0 Å². The highest BCUT2D eigenvalue weighted by Crippen LogP contribution is 2.41. The van der Waals surface area contributed by atoms with Gasteiger partial charge >= 0.3 is 18.5 Å². The molecule has 50 heavy (non-hydrogen) atoms. The number of hydrogen-bond donors (Lipinski definition) is 3. The number of carbonyl (C=O) groups excluding carboxylic acids is 1. The number of benzene rings is 3. The van der Waals surface area contributed by atoms with E-state index >= 15 is 0 Å². The fraction of sp³-hybridized carbons (Fsp3) is 0.286. The Kier molecular flexibility index (Phi) is 12.2. The molecule has 0 aliphatic carbocycles. The molecule has 1 aromatic heterocycles. The predicted molar refractivity (Wildman–Crippen MR) is 167 cm³/mol. The molecule has 0 saturated heterocycles. The fourth-order valence-corrected chi connectivity index (χ4v) is 5.21. The third-order valence-electron chi connectivity index (χ3n) is 7.82. The van der Waals surface area contributed by atoms with E-state index in [9.17, 15) is 49.4 Å². The highest BCUT2D eigenvalue weighted by Gasteiger charge is 2.38. The molecule has 0 aliphatic rings. The molecule has 0 radical (unpaired) electrons. The highest BCUT2D eigenvalue weighted by molar-refractivity contribution is 5.89. The van der Waals surface area contributed by atoms with Gasteiger partial charge in [0.1, 0.15) is 6.29 Å². The molecule has 15 heteroatoms. The minimum Gasteiger partial charge on any atom is -0.481 e. The Bertz CT molecular complexity index is 1820. The minimum absolute atomic E-state index is 0.00480. The SMILES string of the molecule is CO.COc1ncc(-c2ccc(C=O)cc2C)cc1-c1ccc(C(F)(F)F)cc1CC(=N)[C@@H](C)[C@H](O)c1cc(C(F)(F)F)cc(C(F)(F)F)c1. The normalized spacial score (nSPS) is 13.2. The monoisotopic (exact) mass is 714 g/mol. The number of ether oxygens (including phenoxy) is 1. The van der Waals surface area contributed by atoms with E-state index in [-0.39, 0.29) is 28.6 Å². The first-order valence-corrected chi connectivity index (χ1v) is 14.5. The number of carbonyl (C=O) groups is 1. The van der Waals surface area contributed by atoms with Gasteiger partial charge in [-0.3, -0.25) is 4.79 Å². The maximum atomic E-state index is 13.8. The molecule has 2 atom stereocenters. The van der Waals surface area contributed by atoms with Crippen molar-refractivity contribution in [1.82, 2.24) is 4.98 Å². The van der Waals surface area contributed by atoms with E-state index in [2.05, 4.69) is 4.98 Å². The van der Waals surface area contributed by atoms with Gasteiger partial charge in [0.25, 0.3) is 0 Å². The Morgan fingerprint density at radius 3 is 1.88 bits per heavy atom. The smallest absolute Gasteiger partial charge is 0.416 e. The van der Waals surface area contributed by atoms with Gasteiger partial charge in [0.05, 0.1) is 29.9 Å². The van der Waals surface area contributed by atoms with Crippen molar-refractivity contribution in [1.29, 1.82) is 5.41 Å². The van der Waals surface area contributed by atoms with Crippen LogP contribution in [-0.2, 0) is 24.9 Å². The van der Waals surface area contributed by atoms with Gasteiger partial charge in [0.2, 0.25) is 5.88 Å². The Balaban J connectivity index is 0.00000332. The summed E-state index contributed by atoms with van der Waals surface area (Å²) in [5.41, 5.74) is -3.14. The molecule has 0 spiro atoms. The van der Waals surface area contributed by atoms with Crippen molar-refractivity contribution >= 4 is 12.0 Å². The molecular formula is C35H31F9N2O4. The van der Waals surface area contributed by atoms with Crippen LogP contribution in [0.25, 0.3) is 22.3 Å². The first-order valence-electron chi connectivity index (χ1n) is 14.5. The summed E-state index contributed by atoms with van der Waals surface area (Å²) in [4.78, 5) is 15.5. The zero-order valence-corrected chi connectivity index (χ0v) is 26.8. The lowest BCUT2D eigenvalue weighted by molar-refractivity contribution is -0.143. The Labute approximate surface area is 280 Å². The Morgan fingerprint density at radius 2 is 1.38 bits per heavy atom. The summed E-state index contributed by atoms with van der Waals surface area (Å²) >= 11 is 0. The van der Waals surface area contributed by atoms with Crippen molar-refractivity contribution < 1.29 is 59.3 Å². The zero-order chi connectivity index (χ0) is 37.8. The van der Waals surface area contributed by atoms with Gasteiger partial charge < -0.3 is 20.4 Å². The van der Waals surface area contributed by atoms with Crippen LogP contribution in [-0.4, -0.2) is 41.4 Å². The number of nitrogens with one attached hydrogen (secondary N) is 1. The van der Waals surface area contributed by atoms with E-state index in [1.165, 1.54) is 20.2 Å². The van der Waals surface area contributed by atoms with Crippen molar-refractivity contribution in [2.24, 2.45) is 5.92 Å². The van der Waals surface area contributed by atoms with Gasteiger partial charge in [-0.2, -0.15) is 39.5 Å². The maximum Gasteiger partial charge on any atom is 0.416 e. The number of aryl methyl sites for hydroxylation is 1. The van der Waals surface area contributed by atoms with Crippen molar-refractivity contribution in [3.8, 4) is 28.1 Å². The Morgan fingerprint density at radius 1 is 0.820 bits per heavy atom. The topological polar surface area (TPSA) is 104 Å². The lowest BCUT2D eigenvalue weighted by Crippen LogP contribution is -2.22. The van der Waals surface area contributed by atoms with Gasteiger partial charge in [0, 0.05) is 48.0 Å². The predicted octanol–water partition coefficient (Wildman–Crippen LogP) is 9.14. The summed E-state index contributed by atoms with van der Waals surface area (Å²) in [5.74, 6) is -1.42. The molecule has 0 amide bonds. The van der Waals surface area contributed by atoms with Crippen molar-refractivity contribution in [2.45, 2.75) is 44.9 Å². The average Bonchev–Trinajstić information content (AvgIpc) is 3.06. The molecule has 3 N–H and O–H groups in total. The second kappa shape index (κ2) is 15.4. The summed E-state index contributed by atoms with van der Waals surface area (Å²) in [6.07, 6.45) is -15.7. The average molecular weight is 715 g/mol. The lowest BCUT2D eigenvalue weighted by atomic mass is 9.86. The van der Waals surface area contributed by atoms with E-state index in [1.807, 2.05) is 0 Å². The summed E-state index contributed by atoms with van der Waals surface area (Å²) in [5, 5.41) is 26.5. The molecular weight excluding hydrogens is 683 g/mol. The molecule has 1 heterocycles. The molecule has 0 bridgehead atoms. The molecule has 4 aromatic rings. The third kappa shape index (κ3) is 9.07. The number of nitrogens with zero attached hydrogens (tertiary/aromatic N) is 1. The first-order chi connectivity index (χ1) is 23.2. The molecule has 6 nitrogen and oxygen atoms in total. The molecule has 0 fully saturated rings. The summed E-state index contributed by atoms with van der Waals surface area (Å²) in [7, 11) is 2.28. The second-order valence-corrected chi connectivity index (χ2v) is 11.1. The molecule has 0 saturated carbocycles. The van der Waals surface area contributed by atoms with Crippen molar-refractivity contribution in [3.05, 3.63) is 106 Å². The number of aliphatic hydroxyl groups excluding tert-OH is 2. The minimum atomic E-state index is -5.18. The van der Waals surface area contributed by atoms with Crippen LogP contribution < -0.4 is 4.74 Å². The van der Waals surface area contributed by atoms with E-state index in [0.717, 1.165) is 25.3 Å². The lowest BCUT2D eigenvalue weighted by Gasteiger charge is -2.24. The van der Waals surface area contributed by atoms with Crippen LogP contribution in [0.15, 0.2) is 66.9 Å². The van der Waals surface area contributed by atoms with E-state index in [1.54, 1.807) is 31.2 Å². The van der Waals surface area contributed by atoms with Crippen LogP contribution in [0.4, 0.5) is 39.5 Å². The number of aldehydes is 1. The fourth-order valence-electron chi connectivity index (χ4n) is 5.21. The quantitative estimate of drug-likeness (QED) is 0.0912.